The van der Waals surface area contributed by atoms with Crippen LogP contribution in [-0.2, 0) is 13.9 Å². The SMILES string of the molecule is NC1CCCCC1.NC1CCCCC1.NC1CCCCC1.O=C(O)[C@H](O)COP(=O)(O)O. The number of aliphatic hydroxyl groups is 1. The Hall–Kier alpha value is -0.580. The second-order valence-electron chi connectivity index (χ2n) is 8.83. The van der Waals surface area contributed by atoms with Crippen molar-refractivity contribution in [1.82, 2.24) is 0 Å². The highest BCUT2D eigenvalue weighted by atomic mass is 31.2. The minimum Gasteiger partial charge on any atom is -0.479 e. The van der Waals surface area contributed by atoms with Crippen molar-refractivity contribution in [2.45, 2.75) is 121 Å². The molecule has 0 aromatic carbocycles. The molecule has 3 aliphatic rings. The average molecular weight is 484 g/mol. The van der Waals surface area contributed by atoms with Crippen molar-refractivity contribution in [2.24, 2.45) is 17.2 Å². The molecule has 0 bridgehead atoms. The monoisotopic (exact) mass is 483 g/mol. The lowest BCUT2D eigenvalue weighted by atomic mass is 9.97. The summed E-state index contributed by atoms with van der Waals surface area (Å²) < 4.78 is 13.6. The maximum absolute atomic E-state index is 9.93. The fraction of sp³-hybridized carbons (Fsp3) is 0.952. The molecule has 3 aliphatic carbocycles. The van der Waals surface area contributed by atoms with Gasteiger partial charge in [0.2, 0.25) is 0 Å². The van der Waals surface area contributed by atoms with E-state index in [0.29, 0.717) is 18.1 Å². The summed E-state index contributed by atoms with van der Waals surface area (Å²) in [5.41, 5.74) is 16.9. The van der Waals surface area contributed by atoms with E-state index < -0.39 is 26.5 Å². The Morgan fingerprint density at radius 1 is 0.750 bits per heavy atom. The third kappa shape index (κ3) is 21.3. The molecule has 0 saturated heterocycles. The molecule has 3 rings (SSSR count). The Kier molecular flexibility index (Phi) is 18.5. The first-order valence-corrected chi connectivity index (χ1v) is 13.4. The molecule has 0 heterocycles. The predicted octanol–water partition coefficient (Wildman–Crippen LogP) is 2.37. The molecular weight excluding hydrogens is 437 g/mol. The smallest absolute Gasteiger partial charge is 0.469 e. The fourth-order valence-electron chi connectivity index (χ4n) is 3.64. The highest BCUT2D eigenvalue weighted by Gasteiger charge is 2.20. The van der Waals surface area contributed by atoms with E-state index in [4.69, 9.17) is 37.2 Å². The van der Waals surface area contributed by atoms with E-state index in [0.717, 1.165) is 0 Å². The number of rotatable bonds is 4. The minimum atomic E-state index is -4.68. The number of hydrogen-bond donors (Lipinski definition) is 7. The van der Waals surface area contributed by atoms with Crippen LogP contribution in [0.4, 0.5) is 0 Å². The molecule has 11 heteroatoms. The number of aliphatic carboxylic acids is 1. The molecule has 0 aromatic rings. The number of carboxylic acid groups (broad SMARTS) is 1. The van der Waals surface area contributed by atoms with Crippen molar-refractivity contribution in [2.75, 3.05) is 6.61 Å². The second-order valence-corrected chi connectivity index (χ2v) is 10.1. The molecule has 0 radical (unpaired) electrons. The lowest BCUT2D eigenvalue weighted by Crippen LogP contribution is -2.24. The van der Waals surface area contributed by atoms with Crippen molar-refractivity contribution in [3.8, 4) is 0 Å². The van der Waals surface area contributed by atoms with Gasteiger partial charge in [-0.1, -0.05) is 57.8 Å². The van der Waals surface area contributed by atoms with Gasteiger partial charge in [-0.05, 0) is 38.5 Å². The molecular formula is C21H46N3O7P. The van der Waals surface area contributed by atoms with E-state index in [-0.39, 0.29) is 0 Å². The van der Waals surface area contributed by atoms with Gasteiger partial charge in [-0.2, -0.15) is 0 Å². The Morgan fingerprint density at radius 2 is 1.03 bits per heavy atom. The van der Waals surface area contributed by atoms with Gasteiger partial charge in [0.1, 0.15) is 0 Å². The first-order valence-electron chi connectivity index (χ1n) is 11.9. The van der Waals surface area contributed by atoms with Crippen LogP contribution >= 0.6 is 7.82 Å². The number of aliphatic hydroxyl groups excluding tert-OH is 1. The summed E-state index contributed by atoms with van der Waals surface area (Å²) in [5, 5.41) is 16.4. The molecule has 32 heavy (non-hydrogen) atoms. The van der Waals surface area contributed by atoms with Crippen molar-refractivity contribution < 1.29 is 33.9 Å². The minimum absolute atomic E-state index is 0.536. The van der Waals surface area contributed by atoms with Crippen LogP contribution in [0.3, 0.4) is 0 Å². The van der Waals surface area contributed by atoms with Crippen LogP contribution in [-0.4, -0.2) is 56.8 Å². The highest BCUT2D eigenvalue weighted by molar-refractivity contribution is 7.46. The van der Waals surface area contributed by atoms with Crippen molar-refractivity contribution in [3.63, 3.8) is 0 Å². The first-order chi connectivity index (χ1) is 15.0. The molecule has 1 atom stereocenters. The van der Waals surface area contributed by atoms with E-state index in [1.165, 1.54) is 96.3 Å². The van der Waals surface area contributed by atoms with Gasteiger partial charge in [0.15, 0.2) is 6.10 Å². The fourth-order valence-corrected chi connectivity index (χ4v) is 3.98. The van der Waals surface area contributed by atoms with Gasteiger partial charge in [0.25, 0.3) is 0 Å². The first kappa shape index (κ1) is 31.4. The van der Waals surface area contributed by atoms with Gasteiger partial charge < -0.3 is 37.2 Å². The molecule has 10 N–H and O–H groups in total. The molecule has 0 aromatic heterocycles. The lowest BCUT2D eigenvalue weighted by Gasteiger charge is -2.15. The van der Waals surface area contributed by atoms with Crippen LogP contribution in [0.25, 0.3) is 0 Å². The number of nitrogens with two attached hydrogens (primary N) is 3. The maximum atomic E-state index is 9.93. The number of carbonyl (C=O) groups is 1. The van der Waals surface area contributed by atoms with Gasteiger partial charge in [0, 0.05) is 18.1 Å². The number of hydrogen-bond acceptors (Lipinski definition) is 7. The summed E-state index contributed by atoms with van der Waals surface area (Å²) >= 11 is 0. The summed E-state index contributed by atoms with van der Waals surface area (Å²) in [7, 11) is -4.68. The maximum Gasteiger partial charge on any atom is 0.469 e. The van der Waals surface area contributed by atoms with Crippen LogP contribution in [0, 0.1) is 0 Å². The summed E-state index contributed by atoms with van der Waals surface area (Å²) in [6.45, 7) is -0.931. The molecule has 0 amide bonds. The molecule has 0 spiro atoms. The summed E-state index contributed by atoms with van der Waals surface area (Å²) in [6.07, 6.45) is 18.1. The second kappa shape index (κ2) is 18.8. The van der Waals surface area contributed by atoms with E-state index in [2.05, 4.69) is 4.52 Å². The Bertz CT molecular complexity index is 466. The zero-order chi connectivity index (χ0) is 24.4. The highest BCUT2D eigenvalue weighted by Crippen LogP contribution is 2.35. The summed E-state index contributed by atoms with van der Waals surface area (Å²) in [5.74, 6) is -1.60. The summed E-state index contributed by atoms with van der Waals surface area (Å²) in [4.78, 5) is 25.9. The normalized spacial score (nSPS) is 21.6. The van der Waals surface area contributed by atoms with Gasteiger partial charge >= 0.3 is 13.8 Å². The quantitative estimate of drug-likeness (QED) is 0.291. The standard InChI is InChI=1S/3C6H13N.C3H7O7P/c3*7-6-4-2-1-3-5-6;4-2(3(5)6)1-10-11(7,8)9/h3*6H,1-5,7H2;2,4H,1H2,(H,5,6)(H2,7,8,9)/t;;;2-/m...1/s1. The molecule has 0 aliphatic heterocycles. The molecule has 192 valence electrons. The Labute approximate surface area is 192 Å². The van der Waals surface area contributed by atoms with Crippen LogP contribution in [0.2, 0.25) is 0 Å². The molecule has 3 saturated carbocycles. The average Bonchev–Trinajstić information content (AvgIpc) is 2.74. The van der Waals surface area contributed by atoms with Crippen LogP contribution < -0.4 is 17.2 Å². The van der Waals surface area contributed by atoms with Crippen LogP contribution in [0.5, 0.6) is 0 Å². The largest absolute Gasteiger partial charge is 0.479 e. The van der Waals surface area contributed by atoms with Gasteiger partial charge in [-0.15, -0.1) is 0 Å². The van der Waals surface area contributed by atoms with Crippen molar-refractivity contribution >= 4 is 13.8 Å². The molecule has 10 nitrogen and oxygen atoms in total. The van der Waals surface area contributed by atoms with Gasteiger partial charge in [0.05, 0.1) is 6.61 Å². The van der Waals surface area contributed by atoms with Crippen molar-refractivity contribution in [3.05, 3.63) is 0 Å². The zero-order valence-corrected chi connectivity index (χ0v) is 20.2. The number of carboxylic acids is 1. The van der Waals surface area contributed by atoms with Crippen LogP contribution in [0.15, 0.2) is 0 Å². The van der Waals surface area contributed by atoms with E-state index in [1.54, 1.807) is 0 Å². The topological polar surface area (TPSA) is 202 Å². The van der Waals surface area contributed by atoms with Gasteiger partial charge in [-0.25, -0.2) is 9.36 Å². The lowest BCUT2D eigenvalue weighted by molar-refractivity contribution is -0.148. The van der Waals surface area contributed by atoms with Crippen LogP contribution in [0.1, 0.15) is 96.3 Å². The van der Waals surface area contributed by atoms with E-state index in [9.17, 15) is 9.36 Å². The third-order valence-electron chi connectivity index (χ3n) is 5.64. The molecule has 0 unspecified atom stereocenters. The van der Waals surface area contributed by atoms with E-state index in [1.807, 2.05) is 0 Å². The molecule has 3 fully saturated rings. The summed E-state index contributed by atoms with van der Waals surface area (Å²) in [6, 6.07) is 1.61. The van der Waals surface area contributed by atoms with Crippen molar-refractivity contribution in [1.29, 1.82) is 0 Å². The number of phosphoric ester groups is 1. The predicted molar refractivity (Wildman–Crippen MR) is 125 cm³/mol. The van der Waals surface area contributed by atoms with E-state index >= 15 is 0 Å². The Balaban J connectivity index is 0.000000408. The third-order valence-corrected chi connectivity index (χ3v) is 6.12. The Morgan fingerprint density at radius 3 is 1.19 bits per heavy atom. The zero-order valence-electron chi connectivity index (χ0n) is 19.3. The van der Waals surface area contributed by atoms with Gasteiger partial charge in [-0.3, -0.25) is 4.52 Å². The number of phosphoric acid groups is 1.